The highest BCUT2D eigenvalue weighted by Gasteiger charge is 2.35. The maximum Gasteiger partial charge on any atom is 0.317 e. The number of benzene rings is 1. The summed E-state index contributed by atoms with van der Waals surface area (Å²) in [6, 6.07) is 3.10. The highest BCUT2D eigenvalue weighted by atomic mass is 19.1. The van der Waals surface area contributed by atoms with Crippen molar-refractivity contribution in [2.24, 2.45) is 5.92 Å². The average molecular weight is 280 g/mol. The van der Waals surface area contributed by atoms with Crippen LogP contribution in [0.25, 0.3) is 0 Å². The highest BCUT2D eigenvalue weighted by Crippen LogP contribution is 2.17. The van der Waals surface area contributed by atoms with Crippen molar-refractivity contribution >= 4 is 12.0 Å². The summed E-state index contributed by atoms with van der Waals surface area (Å²) in [5.74, 6) is -1.57. The van der Waals surface area contributed by atoms with Crippen molar-refractivity contribution < 1.29 is 19.1 Å². The van der Waals surface area contributed by atoms with E-state index in [0.29, 0.717) is 17.7 Å². The third-order valence-corrected chi connectivity index (χ3v) is 3.46. The Morgan fingerprint density at radius 2 is 1.90 bits per heavy atom. The van der Waals surface area contributed by atoms with Crippen molar-refractivity contribution in [1.29, 1.82) is 0 Å². The summed E-state index contributed by atoms with van der Waals surface area (Å²) in [6.45, 7) is 4.14. The predicted octanol–water partition coefficient (Wildman–Crippen LogP) is 1.67. The molecule has 20 heavy (non-hydrogen) atoms. The van der Waals surface area contributed by atoms with E-state index in [9.17, 15) is 14.0 Å². The first-order chi connectivity index (χ1) is 9.38. The minimum Gasteiger partial charge on any atom is -0.481 e. The van der Waals surface area contributed by atoms with E-state index in [4.69, 9.17) is 5.11 Å². The lowest BCUT2D eigenvalue weighted by atomic mass is 10.0. The molecule has 0 bridgehead atoms. The van der Waals surface area contributed by atoms with Gasteiger partial charge in [0, 0.05) is 19.6 Å². The number of nitrogens with one attached hydrogen (secondary N) is 1. The van der Waals surface area contributed by atoms with Crippen LogP contribution in [0.5, 0.6) is 0 Å². The molecule has 1 aliphatic heterocycles. The summed E-state index contributed by atoms with van der Waals surface area (Å²) >= 11 is 0. The Kier molecular flexibility index (Phi) is 3.92. The summed E-state index contributed by atoms with van der Waals surface area (Å²) in [7, 11) is 0. The van der Waals surface area contributed by atoms with E-state index in [2.05, 4.69) is 5.32 Å². The molecular formula is C14H17FN2O3. The number of hydrogen-bond donors (Lipinski definition) is 2. The maximum absolute atomic E-state index is 13.5. The lowest BCUT2D eigenvalue weighted by molar-refractivity contribution is -0.146. The largest absolute Gasteiger partial charge is 0.481 e. The number of halogens is 1. The van der Waals surface area contributed by atoms with Crippen molar-refractivity contribution in [1.82, 2.24) is 10.2 Å². The molecule has 2 amide bonds. The molecule has 1 fully saturated rings. The molecule has 0 atom stereocenters. The zero-order chi connectivity index (χ0) is 14.9. The number of aryl methyl sites for hydroxylation is 2. The number of urea groups is 1. The molecule has 5 nitrogen and oxygen atoms in total. The van der Waals surface area contributed by atoms with E-state index in [0.717, 1.165) is 5.56 Å². The molecule has 0 aliphatic carbocycles. The summed E-state index contributed by atoms with van der Waals surface area (Å²) < 4.78 is 13.5. The fourth-order valence-electron chi connectivity index (χ4n) is 2.23. The van der Waals surface area contributed by atoms with E-state index in [1.54, 1.807) is 26.0 Å². The van der Waals surface area contributed by atoms with Gasteiger partial charge in [-0.2, -0.15) is 0 Å². The van der Waals surface area contributed by atoms with Crippen molar-refractivity contribution in [2.45, 2.75) is 20.4 Å². The van der Waals surface area contributed by atoms with Gasteiger partial charge < -0.3 is 15.3 Å². The van der Waals surface area contributed by atoms with E-state index < -0.39 is 11.9 Å². The molecule has 1 saturated heterocycles. The van der Waals surface area contributed by atoms with Crippen LogP contribution in [0.1, 0.15) is 16.7 Å². The van der Waals surface area contributed by atoms with Gasteiger partial charge in [0.15, 0.2) is 0 Å². The van der Waals surface area contributed by atoms with Gasteiger partial charge in [-0.3, -0.25) is 4.79 Å². The van der Waals surface area contributed by atoms with Crippen LogP contribution in [0, 0.1) is 25.6 Å². The van der Waals surface area contributed by atoms with Gasteiger partial charge in [-0.15, -0.1) is 0 Å². The number of carbonyl (C=O) groups is 2. The molecule has 0 spiro atoms. The molecule has 0 aromatic heterocycles. The van der Waals surface area contributed by atoms with Crippen molar-refractivity contribution in [2.75, 3.05) is 13.1 Å². The molecule has 108 valence electrons. The monoisotopic (exact) mass is 280 g/mol. The minimum absolute atomic E-state index is 0.230. The molecule has 2 rings (SSSR count). The SMILES string of the molecule is Cc1cc(CNC(=O)N2CC(C(=O)O)C2)cc(C)c1F. The second-order valence-electron chi connectivity index (χ2n) is 5.14. The Bertz CT molecular complexity index is 530. The quantitative estimate of drug-likeness (QED) is 0.885. The summed E-state index contributed by atoms with van der Waals surface area (Å²) in [6.07, 6.45) is 0. The second-order valence-corrected chi connectivity index (χ2v) is 5.14. The molecule has 6 heteroatoms. The summed E-state index contributed by atoms with van der Waals surface area (Å²) in [4.78, 5) is 23.8. The third-order valence-electron chi connectivity index (χ3n) is 3.46. The summed E-state index contributed by atoms with van der Waals surface area (Å²) in [5.41, 5.74) is 1.92. The number of carboxylic acids is 1. The van der Waals surface area contributed by atoms with Gasteiger partial charge >= 0.3 is 12.0 Å². The Balaban J connectivity index is 1.87. The molecule has 2 N–H and O–H groups in total. The Hall–Kier alpha value is -2.11. The van der Waals surface area contributed by atoms with Crippen LogP contribution >= 0.6 is 0 Å². The number of rotatable bonds is 3. The molecule has 1 aromatic carbocycles. The smallest absolute Gasteiger partial charge is 0.317 e. The molecule has 1 aromatic rings. The van der Waals surface area contributed by atoms with E-state index in [1.165, 1.54) is 4.90 Å². The molecule has 0 saturated carbocycles. The lowest BCUT2D eigenvalue weighted by Gasteiger charge is -2.36. The van der Waals surface area contributed by atoms with Crippen molar-refractivity contribution in [3.8, 4) is 0 Å². The summed E-state index contributed by atoms with van der Waals surface area (Å²) in [5, 5.41) is 11.4. The highest BCUT2D eigenvalue weighted by molar-refractivity contribution is 5.79. The van der Waals surface area contributed by atoms with Gasteiger partial charge in [-0.1, -0.05) is 12.1 Å². The fraction of sp³-hybridized carbons (Fsp3) is 0.429. The number of likely N-dealkylation sites (tertiary alicyclic amines) is 1. The van der Waals surface area contributed by atoms with Crippen LogP contribution in [-0.2, 0) is 11.3 Å². The van der Waals surface area contributed by atoms with Gasteiger partial charge in [0.1, 0.15) is 5.82 Å². The molecular weight excluding hydrogens is 263 g/mol. The number of amides is 2. The first kappa shape index (κ1) is 14.3. The van der Waals surface area contributed by atoms with E-state index >= 15 is 0 Å². The lowest BCUT2D eigenvalue weighted by Crippen LogP contribution is -2.56. The van der Waals surface area contributed by atoms with Crippen LogP contribution in [-0.4, -0.2) is 35.1 Å². The Labute approximate surface area is 116 Å². The number of carboxylic acid groups (broad SMARTS) is 1. The fourth-order valence-corrected chi connectivity index (χ4v) is 2.23. The average Bonchev–Trinajstić information content (AvgIpc) is 2.30. The number of nitrogens with zero attached hydrogens (tertiary/aromatic N) is 1. The molecule has 0 unspecified atom stereocenters. The van der Waals surface area contributed by atoms with Gasteiger partial charge in [-0.05, 0) is 30.5 Å². The topological polar surface area (TPSA) is 69.6 Å². The first-order valence-corrected chi connectivity index (χ1v) is 6.39. The molecule has 1 aliphatic rings. The number of hydrogen-bond acceptors (Lipinski definition) is 2. The van der Waals surface area contributed by atoms with Gasteiger partial charge in [0.25, 0.3) is 0 Å². The van der Waals surface area contributed by atoms with Gasteiger partial charge in [-0.25, -0.2) is 9.18 Å². The van der Waals surface area contributed by atoms with Crippen LogP contribution in [0.15, 0.2) is 12.1 Å². The number of aliphatic carboxylic acids is 1. The Morgan fingerprint density at radius 1 is 1.35 bits per heavy atom. The standard InChI is InChI=1S/C14H17FN2O3/c1-8-3-10(4-9(2)12(8)15)5-16-14(20)17-6-11(7-17)13(18)19/h3-4,11H,5-7H2,1-2H3,(H,16,20)(H,18,19). The van der Waals surface area contributed by atoms with Crippen LogP contribution < -0.4 is 5.32 Å². The maximum atomic E-state index is 13.5. The molecule has 0 radical (unpaired) electrons. The zero-order valence-corrected chi connectivity index (χ0v) is 11.4. The van der Waals surface area contributed by atoms with Crippen molar-refractivity contribution in [3.63, 3.8) is 0 Å². The van der Waals surface area contributed by atoms with Crippen LogP contribution in [0.4, 0.5) is 9.18 Å². The zero-order valence-electron chi connectivity index (χ0n) is 11.4. The predicted molar refractivity (Wildman–Crippen MR) is 70.8 cm³/mol. The van der Waals surface area contributed by atoms with Crippen molar-refractivity contribution in [3.05, 3.63) is 34.6 Å². The minimum atomic E-state index is -0.876. The van der Waals surface area contributed by atoms with E-state index in [-0.39, 0.29) is 24.9 Å². The Morgan fingerprint density at radius 3 is 2.40 bits per heavy atom. The number of carbonyl (C=O) groups excluding carboxylic acids is 1. The van der Waals surface area contributed by atoms with Crippen LogP contribution in [0.2, 0.25) is 0 Å². The van der Waals surface area contributed by atoms with Crippen LogP contribution in [0.3, 0.4) is 0 Å². The first-order valence-electron chi connectivity index (χ1n) is 6.39. The van der Waals surface area contributed by atoms with E-state index in [1.807, 2.05) is 0 Å². The molecule has 1 heterocycles. The van der Waals surface area contributed by atoms with Gasteiger partial charge in [0.05, 0.1) is 5.92 Å². The second kappa shape index (κ2) is 5.48. The van der Waals surface area contributed by atoms with Gasteiger partial charge in [0.2, 0.25) is 0 Å². The normalized spacial score (nSPS) is 14.8. The third kappa shape index (κ3) is 2.89.